The Morgan fingerprint density at radius 2 is 2.12 bits per heavy atom. The lowest BCUT2D eigenvalue weighted by atomic mass is 10.1. The van der Waals surface area contributed by atoms with Crippen LogP contribution in [0.25, 0.3) is 0 Å². The van der Waals surface area contributed by atoms with E-state index < -0.39 is 0 Å². The van der Waals surface area contributed by atoms with Gasteiger partial charge < -0.3 is 15.7 Å². The number of nitrogens with zero attached hydrogens (tertiary/aromatic N) is 2. The highest BCUT2D eigenvalue weighted by molar-refractivity contribution is 5.95. The van der Waals surface area contributed by atoms with Crippen LogP contribution in [-0.2, 0) is 0 Å². The molecule has 1 aromatic rings. The van der Waals surface area contributed by atoms with Crippen molar-refractivity contribution in [1.29, 1.82) is 0 Å². The van der Waals surface area contributed by atoms with Crippen molar-refractivity contribution < 1.29 is 9.90 Å². The second-order valence-corrected chi connectivity index (χ2v) is 4.45. The molecule has 3 N–H and O–H groups in total. The molecule has 2 heterocycles. The van der Waals surface area contributed by atoms with E-state index in [4.69, 9.17) is 5.73 Å². The molecule has 1 saturated heterocycles. The molecule has 1 fully saturated rings. The second-order valence-electron chi connectivity index (χ2n) is 4.45. The molecule has 1 aliphatic heterocycles. The van der Waals surface area contributed by atoms with E-state index in [1.165, 1.54) is 0 Å². The maximum Gasteiger partial charge on any atom is 0.254 e. The van der Waals surface area contributed by atoms with Crippen molar-refractivity contribution in [2.24, 2.45) is 0 Å². The quantitative estimate of drug-likeness (QED) is 0.745. The predicted octanol–water partition coefficient (Wildman–Crippen LogP) is 0.569. The molecule has 92 valence electrons. The smallest absolute Gasteiger partial charge is 0.254 e. The van der Waals surface area contributed by atoms with Gasteiger partial charge in [-0.15, -0.1) is 0 Å². The zero-order chi connectivity index (χ0) is 12.4. The molecule has 0 atom stereocenters. The molecular weight excluding hydrogens is 218 g/mol. The Labute approximate surface area is 100 Å². The van der Waals surface area contributed by atoms with Crippen molar-refractivity contribution in [3.8, 4) is 0 Å². The molecule has 0 unspecified atom stereocenters. The third-order valence-electron chi connectivity index (χ3n) is 2.97. The van der Waals surface area contributed by atoms with Gasteiger partial charge in [0.25, 0.3) is 5.91 Å². The number of amides is 1. The van der Waals surface area contributed by atoms with Gasteiger partial charge in [0, 0.05) is 24.3 Å². The first-order valence-electron chi connectivity index (χ1n) is 5.78. The molecule has 5 nitrogen and oxygen atoms in total. The van der Waals surface area contributed by atoms with Gasteiger partial charge in [-0.3, -0.25) is 4.79 Å². The van der Waals surface area contributed by atoms with E-state index in [0.29, 0.717) is 37.3 Å². The van der Waals surface area contributed by atoms with Gasteiger partial charge in [-0.05, 0) is 31.9 Å². The van der Waals surface area contributed by atoms with E-state index in [-0.39, 0.29) is 12.0 Å². The fraction of sp³-hybridized carbons (Fsp3) is 0.500. The van der Waals surface area contributed by atoms with Crippen molar-refractivity contribution >= 4 is 11.7 Å². The van der Waals surface area contributed by atoms with Gasteiger partial charge in [-0.2, -0.15) is 0 Å². The minimum atomic E-state index is -0.275. The number of rotatable bonds is 1. The van der Waals surface area contributed by atoms with E-state index in [2.05, 4.69) is 4.98 Å². The van der Waals surface area contributed by atoms with Gasteiger partial charge in [0.15, 0.2) is 0 Å². The standard InChI is InChI=1S/C12H17N3O2/c1-8-6-9(7-11(13)14-8)12(17)15-4-2-10(16)3-5-15/h6-7,10,16H,2-5H2,1H3,(H2,13,14). The molecular formula is C12H17N3O2. The molecule has 0 bridgehead atoms. The number of nitrogen functional groups attached to an aromatic ring is 1. The summed E-state index contributed by atoms with van der Waals surface area (Å²) in [5.41, 5.74) is 6.94. The Balaban J connectivity index is 2.14. The number of aryl methyl sites for hydroxylation is 1. The molecule has 5 heteroatoms. The lowest BCUT2D eigenvalue weighted by Crippen LogP contribution is -2.40. The number of carbonyl (C=O) groups is 1. The number of anilines is 1. The van der Waals surface area contributed by atoms with Gasteiger partial charge in [-0.25, -0.2) is 4.98 Å². The van der Waals surface area contributed by atoms with Crippen LogP contribution in [0.5, 0.6) is 0 Å². The Kier molecular flexibility index (Phi) is 3.28. The summed E-state index contributed by atoms with van der Waals surface area (Å²) in [6.45, 7) is 3.01. The van der Waals surface area contributed by atoms with E-state index in [1.807, 2.05) is 6.92 Å². The van der Waals surface area contributed by atoms with Crippen LogP contribution in [0.3, 0.4) is 0 Å². The largest absolute Gasteiger partial charge is 0.393 e. The lowest BCUT2D eigenvalue weighted by molar-refractivity contribution is 0.0546. The van der Waals surface area contributed by atoms with Crippen LogP contribution >= 0.6 is 0 Å². The minimum absolute atomic E-state index is 0.0332. The van der Waals surface area contributed by atoms with Crippen LogP contribution in [0.4, 0.5) is 5.82 Å². The maximum absolute atomic E-state index is 12.2. The average Bonchev–Trinajstić information content (AvgIpc) is 2.28. The van der Waals surface area contributed by atoms with E-state index in [1.54, 1.807) is 17.0 Å². The summed E-state index contributed by atoms with van der Waals surface area (Å²) in [6.07, 6.45) is 1.01. The first-order valence-corrected chi connectivity index (χ1v) is 5.78. The molecule has 0 aromatic carbocycles. The second kappa shape index (κ2) is 4.71. The highest BCUT2D eigenvalue weighted by atomic mass is 16.3. The summed E-state index contributed by atoms with van der Waals surface area (Å²) >= 11 is 0. The topological polar surface area (TPSA) is 79.5 Å². The fourth-order valence-corrected chi connectivity index (χ4v) is 2.07. The summed E-state index contributed by atoms with van der Waals surface area (Å²) in [6, 6.07) is 3.34. The van der Waals surface area contributed by atoms with Crippen LogP contribution in [0.15, 0.2) is 12.1 Å². The van der Waals surface area contributed by atoms with Gasteiger partial charge in [0.1, 0.15) is 5.82 Å². The molecule has 0 aliphatic carbocycles. The summed E-state index contributed by atoms with van der Waals surface area (Å²) in [7, 11) is 0. The number of pyridine rings is 1. The zero-order valence-corrected chi connectivity index (χ0v) is 9.89. The normalized spacial score (nSPS) is 17.2. The van der Waals surface area contributed by atoms with Crippen molar-refractivity contribution in [3.05, 3.63) is 23.4 Å². The van der Waals surface area contributed by atoms with Crippen LogP contribution in [0, 0.1) is 6.92 Å². The van der Waals surface area contributed by atoms with Crippen molar-refractivity contribution in [2.75, 3.05) is 18.8 Å². The first-order chi connectivity index (χ1) is 8.06. The summed E-state index contributed by atoms with van der Waals surface area (Å²) in [5.74, 6) is 0.333. The number of aromatic nitrogens is 1. The van der Waals surface area contributed by atoms with Crippen LogP contribution < -0.4 is 5.73 Å². The summed E-state index contributed by atoms with van der Waals surface area (Å²) in [4.78, 5) is 18.0. The molecule has 1 aliphatic rings. The number of likely N-dealkylation sites (tertiary alicyclic amines) is 1. The Bertz CT molecular complexity index is 406. The third kappa shape index (κ3) is 2.74. The predicted molar refractivity (Wildman–Crippen MR) is 64.5 cm³/mol. The van der Waals surface area contributed by atoms with Crippen LogP contribution in [-0.4, -0.2) is 40.1 Å². The monoisotopic (exact) mass is 235 g/mol. The molecule has 2 rings (SSSR count). The van der Waals surface area contributed by atoms with E-state index >= 15 is 0 Å². The lowest BCUT2D eigenvalue weighted by Gasteiger charge is -2.29. The van der Waals surface area contributed by atoms with Crippen molar-refractivity contribution in [2.45, 2.75) is 25.9 Å². The van der Waals surface area contributed by atoms with E-state index in [0.717, 1.165) is 5.69 Å². The molecule has 17 heavy (non-hydrogen) atoms. The third-order valence-corrected chi connectivity index (χ3v) is 2.97. The summed E-state index contributed by atoms with van der Waals surface area (Å²) < 4.78 is 0. The van der Waals surface area contributed by atoms with Gasteiger partial charge in [-0.1, -0.05) is 0 Å². The molecule has 1 amide bonds. The highest BCUT2D eigenvalue weighted by Crippen LogP contribution is 2.15. The van der Waals surface area contributed by atoms with Crippen LogP contribution in [0.1, 0.15) is 28.9 Å². The minimum Gasteiger partial charge on any atom is -0.393 e. The fourth-order valence-electron chi connectivity index (χ4n) is 2.07. The van der Waals surface area contributed by atoms with E-state index in [9.17, 15) is 9.90 Å². The number of carbonyl (C=O) groups excluding carboxylic acids is 1. The Hall–Kier alpha value is -1.62. The summed E-state index contributed by atoms with van der Waals surface area (Å²) in [5, 5.41) is 9.40. The molecule has 1 aromatic heterocycles. The number of aliphatic hydroxyl groups is 1. The van der Waals surface area contributed by atoms with Gasteiger partial charge in [0.2, 0.25) is 0 Å². The van der Waals surface area contributed by atoms with Gasteiger partial charge >= 0.3 is 0 Å². The average molecular weight is 235 g/mol. The molecule has 0 spiro atoms. The Morgan fingerprint density at radius 3 is 2.71 bits per heavy atom. The number of hydrogen-bond acceptors (Lipinski definition) is 4. The molecule has 0 saturated carbocycles. The number of nitrogens with two attached hydrogens (primary N) is 1. The van der Waals surface area contributed by atoms with Crippen LogP contribution in [0.2, 0.25) is 0 Å². The first kappa shape index (κ1) is 11.9. The maximum atomic E-state index is 12.2. The zero-order valence-electron chi connectivity index (χ0n) is 9.89. The van der Waals surface area contributed by atoms with Gasteiger partial charge in [0.05, 0.1) is 6.10 Å². The number of hydrogen-bond donors (Lipinski definition) is 2. The number of aliphatic hydroxyl groups excluding tert-OH is 1. The number of piperidine rings is 1. The SMILES string of the molecule is Cc1cc(C(=O)N2CCC(O)CC2)cc(N)n1. The van der Waals surface area contributed by atoms with Crippen molar-refractivity contribution in [3.63, 3.8) is 0 Å². The van der Waals surface area contributed by atoms with Crippen molar-refractivity contribution in [1.82, 2.24) is 9.88 Å². The highest BCUT2D eigenvalue weighted by Gasteiger charge is 2.22. The Morgan fingerprint density at radius 1 is 1.47 bits per heavy atom. The molecule has 0 radical (unpaired) electrons.